The highest BCUT2D eigenvalue weighted by Gasteiger charge is 2.22. The Morgan fingerprint density at radius 3 is 2.48 bits per heavy atom. The van der Waals surface area contributed by atoms with E-state index >= 15 is 0 Å². The molecule has 0 radical (unpaired) electrons. The van der Waals surface area contributed by atoms with Crippen LogP contribution in [0.15, 0.2) is 24.3 Å². The van der Waals surface area contributed by atoms with Crippen LogP contribution >= 0.6 is 21.8 Å². The van der Waals surface area contributed by atoms with Gasteiger partial charge in [-0.15, -0.1) is 21.8 Å². The van der Waals surface area contributed by atoms with Gasteiger partial charge in [0.25, 0.3) is 0 Å². The maximum Gasteiger partial charge on any atom is 0.119 e. The molecule has 1 aliphatic rings. The zero-order chi connectivity index (χ0) is 14.9. The van der Waals surface area contributed by atoms with Crippen molar-refractivity contribution in [3.8, 4) is 5.75 Å². The van der Waals surface area contributed by atoms with Crippen molar-refractivity contribution >= 4 is 28.8 Å². The van der Waals surface area contributed by atoms with Crippen LogP contribution in [0.3, 0.4) is 0 Å². The molecule has 1 aliphatic carbocycles. The van der Waals surface area contributed by atoms with Crippen molar-refractivity contribution in [1.82, 2.24) is 0 Å². The second kappa shape index (κ2) is 9.85. The van der Waals surface area contributed by atoms with Crippen molar-refractivity contribution in [2.45, 2.75) is 57.1 Å². The Balaban J connectivity index is 1.73. The summed E-state index contributed by atoms with van der Waals surface area (Å²) in [6.45, 7) is 3.74. The average Bonchev–Trinajstić information content (AvgIpc) is 2.53. The Bertz CT molecular complexity index is 388. The largest absolute Gasteiger partial charge is 0.494 e. The second-order valence-corrected chi connectivity index (χ2v) is 10.1. The first-order valence-corrected chi connectivity index (χ1v) is 14.3. The van der Waals surface area contributed by atoms with Crippen LogP contribution in [0.2, 0.25) is 6.04 Å². The predicted molar refractivity (Wildman–Crippen MR) is 101 cm³/mol. The Kier molecular flexibility index (Phi) is 8.10. The third-order valence-electron chi connectivity index (χ3n) is 4.22. The first kappa shape index (κ1) is 17.3. The number of rotatable bonds is 8. The summed E-state index contributed by atoms with van der Waals surface area (Å²) in [5.74, 6) is 1.69. The van der Waals surface area contributed by atoms with Crippen molar-refractivity contribution in [3.63, 3.8) is 0 Å². The summed E-state index contributed by atoms with van der Waals surface area (Å²) in [4.78, 5) is 0. The summed E-state index contributed by atoms with van der Waals surface area (Å²) in [5, 5.41) is 0. The number of hydrogen-bond donors (Lipinski definition) is 0. The highest BCUT2D eigenvalue weighted by molar-refractivity contribution is 14.1. The number of hydrogen-bond acceptors (Lipinski definition) is 2. The molecule has 0 aliphatic heterocycles. The molecule has 0 atom stereocenters. The van der Waals surface area contributed by atoms with E-state index in [2.05, 4.69) is 46.1 Å². The van der Waals surface area contributed by atoms with Gasteiger partial charge in [0.15, 0.2) is 0 Å². The predicted octanol–water partition coefficient (Wildman–Crippen LogP) is 4.46. The maximum absolute atomic E-state index is 6.02. The molecule has 2 rings (SSSR count). The molecule has 0 aromatic heterocycles. The number of ether oxygens (including phenoxy) is 2. The lowest BCUT2D eigenvalue weighted by Crippen LogP contribution is -2.21. The van der Waals surface area contributed by atoms with Gasteiger partial charge >= 0.3 is 0 Å². The minimum Gasteiger partial charge on any atom is -0.494 e. The van der Waals surface area contributed by atoms with E-state index in [-0.39, 0.29) is 7.02 Å². The summed E-state index contributed by atoms with van der Waals surface area (Å²) >= 11 is 2.57. The van der Waals surface area contributed by atoms with Crippen molar-refractivity contribution < 1.29 is 9.47 Å². The van der Waals surface area contributed by atoms with Gasteiger partial charge in [0, 0.05) is 6.61 Å². The minimum absolute atomic E-state index is 0.194. The van der Waals surface area contributed by atoms with Crippen molar-refractivity contribution in [2.24, 2.45) is 0 Å². The van der Waals surface area contributed by atoms with Gasteiger partial charge in [0.1, 0.15) is 5.75 Å². The Morgan fingerprint density at radius 1 is 1.14 bits per heavy atom. The van der Waals surface area contributed by atoms with E-state index in [0.717, 1.165) is 19.0 Å². The molecule has 2 nitrogen and oxygen atoms in total. The standard InChI is InChI=1S/C17H27IO2Si/c1-2-19-16-8-4-14(5-9-16)15-6-10-17(11-7-15)20-12-3-13-21-18/h4-5,8-9,15,17H,2-3,6-7,10-13,21H2,1H3/t15-,17-. The molecule has 1 aromatic carbocycles. The first-order valence-electron chi connectivity index (χ1n) is 8.23. The molecule has 118 valence electrons. The van der Waals surface area contributed by atoms with Gasteiger partial charge in [-0.2, -0.15) is 0 Å². The number of halogens is 1. The van der Waals surface area contributed by atoms with Gasteiger partial charge < -0.3 is 9.47 Å². The normalized spacial score (nSPS) is 22.8. The summed E-state index contributed by atoms with van der Waals surface area (Å²) in [5.41, 5.74) is 1.47. The van der Waals surface area contributed by atoms with E-state index in [9.17, 15) is 0 Å². The molecule has 0 bridgehead atoms. The molecule has 0 unspecified atom stereocenters. The minimum atomic E-state index is 0.194. The molecule has 1 aromatic rings. The molecule has 0 amide bonds. The van der Waals surface area contributed by atoms with Crippen molar-refractivity contribution in [2.75, 3.05) is 13.2 Å². The molecule has 0 spiro atoms. The zero-order valence-corrected chi connectivity index (χ0v) is 16.6. The number of benzene rings is 1. The summed E-state index contributed by atoms with van der Waals surface area (Å²) in [6.07, 6.45) is 6.76. The summed E-state index contributed by atoms with van der Waals surface area (Å²) in [6, 6.07) is 10.1. The van der Waals surface area contributed by atoms with E-state index in [1.165, 1.54) is 43.7 Å². The molecular formula is C17H27IO2Si. The lowest BCUT2D eigenvalue weighted by Gasteiger charge is -2.29. The van der Waals surface area contributed by atoms with E-state index in [1.807, 2.05) is 6.92 Å². The van der Waals surface area contributed by atoms with E-state index in [4.69, 9.17) is 9.47 Å². The van der Waals surface area contributed by atoms with Crippen LogP contribution in [-0.4, -0.2) is 26.3 Å². The van der Waals surface area contributed by atoms with Crippen LogP contribution in [-0.2, 0) is 4.74 Å². The monoisotopic (exact) mass is 418 g/mol. The fourth-order valence-corrected chi connectivity index (χ4v) is 5.02. The van der Waals surface area contributed by atoms with Crippen LogP contribution in [0, 0.1) is 0 Å². The molecule has 1 fully saturated rings. The van der Waals surface area contributed by atoms with Gasteiger partial charge in [0.05, 0.1) is 19.7 Å². The van der Waals surface area contributed by atoms with Gasteiger partial charge in [-0.1, -0.05) is 18.2 Å². The first-order chi connectivity index (χ1) is 10.3. The lowest BCUT2D eigenvalue weighted by atomic mass is 9.83. The fourth-order valence-electron chi connectivity index (χ4n) is 3.01. The molecule has 21 heavy (non-hydrogen) atoms. The van der Waals surface area contributed by atoms with Gasteiger partial charge in [-0.05, 0) is 62.6 Å². The van der Waals surface area contributed by atoms with Crippen molar-refractivity contribution in [1.29, 1.82) is 0 Å². The summed E-state index contributed by atoms with van der Waals surface area (Å²) < 4.78 is 11.5. The Labute approximate surface area is 144 Å². The third-order valence-corrected chi connectivity index (χ3v) is 7.27. The van der Waals surface area contributed by atoms with Gasteiger partial charge in [-0.3, -0.25) is 0 Å². The molecule has 1 saturated carbocycles. The second-order valence-electron chi connectivity index (χ2n) is 5.74. The Morgan fingerprint density at radius 2 is 1.86 bits per heavy atom. The average molecular weight is 418 g/mol. The quantitative estimate of drug-likeness (QED) is 0.269. The van der Waals surface area contributed by atoms with Crippen molar-refractivity contribution in [3.05, 3.63) is 29.8 Å². The van der Waals surface area contributed by atoms with Crippen LogP contribution in [0.1, 0.15) is 50.5 Å². The molecule has 4 heteroatoms. The Hall–Kier alpha value is -0.0731. The SMILES string of the molecule is CCOc1ccc([C@H]2CC[C@H](OCCC[SiH2]I)CC2)cc1. The van der Waals surface area contributed by atoms with E-state index in [0.29, 0.717) is 12.0 Å². The van der Waals surface area contributed by atoms with Gasteiger partial charge in [-0.25, -0.2) is 0 Å². The topological polar surface area (TPSA) is 18.5 Å². The third kappa shape index (κ3) is 5.91. The maximum atomic E-state index is 6.02. The molecule has 0 heterocycles. The smallest absolute Gasteiger partial charge is 0.119 e. The van der Waals surface area contributed by atoms with Crippen LogP contribution in [0.4, 0.5) is 0 Å². The van der Waals surface area contributed by atoms with Crippen LogP contribution in [0.5, 0.6) is 5.75 Å². The molecular weight excluding hydrogens is 391 g/mol. The highest BCUT2D eigenvalue weighted by Crippen LogP contribution is 2.34. The lowest BCUT2D eigenvalue weighted by molar-refractivity contribution is 0.0252. The van der Waals surface area contributed by atoms with Crippen LogP contribution < -0.4 is 4.74 Å². The molecule has 0 saturated heterocycles. The van der Waals surface area contributed by atoms with E-state index < -0.39 is 0 Å². The summed E-state index contributed by atoms with van der Waals surface area (Å²) in [7, 11) is 0.194. The highest BCUT2D eigenvalue weighted by atomic mass is 127. The molecule has 0 N–H and O–H groups in total. The van der Waals surface area contributed by atoms with Gasteiger partial charge in [0.2, 0.25) is 0 Å². The van der Waals surface area contributed by atoms with E-state index in [1.54, 1.807) is 0 Å². The fraction of sp³-hybridized carbons (Fsp3) is 0.647. The zero-order valence-electron chi connectivity index (χ0n) is 13.0. The van der Waals surface area contributed by atoms with Crippen LogP contribution in [0.25, 0.3) is 0 Å².